The van der Waals surface area contributed by atoms with Gasteiger partial charge in [0.25, 0.3) is 0 Å². The molecule has 0 aliphatic heterocycles. The molecule has 0 fully saturated rings. The van der Waals surface area contributed by atoms with E-state index in [1.165, 1.54) is 27.5 Å². The van der Waals surface area contributed by atoms with E-state index in [1.807, 2.05) is 0 Å². The van der Waals surface area contributed by atoms with Gasteiger partial charge in [0.15, 0.2) is 0 Å². The zero-order valence-electron chi connectivity index (χ0n) is 21.0. The zero-order valence-corrected chi connectivity index (χ0v) is 24.5. The molecule has 2 aliphatic rings. The van der Waals surface area contributed by atoms with Crippen molar-refractivity contribution < 1.29 is 20.4 Å². The average molecular weight is 526 g/mol. The van der Waals surface area contributed by atoms with Gasteiger partial charge in [0.2, 0.25) is 0 Å². The van der Waals surface area contributed by atoms with Gasteiger partial charge in [-0.05, 0) is 0 Å². The van der Waals surface area contributed by atoms with Crippen molar-refractivity contribution in [2.45, 2.75) is 55.0 Å². The normalized spacial score (nSPS) is 18.6. The van der Waals surface area contributed by atoms with Crippen molar-refractivity contribution in [3.05, 3.63) is 111 Å². The van der Waals surface area contributed by atoms with E-state index < -0.39 is 20.4 Å². The van der Waals surface area contributed by atoms with Gasteiger partial charge in [-0.3, -0.25) is 0 Å². The summed E-state index contributed by atoms with van der Waals surface area (Å²) in [6, 6.07) is 25.2. The van der Waals surface area contributed by atoms with Gasteiger partial charge in [-0.25, -0.2) is 0 Å². The summed E-state index contributed by atoms with van der Waals surface area (Å²) >= 11 is -1.95. The number of fused-ring (bicyclic) bond motifs is 2. The first-order chi connectivity index (χ1) is 15.8. The van der Waals surface area contributed by atoms with Crippen LogP contribution in [0.4, 0.5) is 0 Å². The summed E-state index contributed by atoms with van der Waals surface area (Å²) in [7, 11) is 0. The molecule has 0 radical (unpaired) electrons. The fourth-order valence-corrected chi connectivity index (χ4v) is 27.8. The van der Waals surface area contributed by atoms with Crippen LogP contribution in [-0.4, -0.2) is 5.43 Å². The number of hydrogen-bond donors (Lipinski definition) is 0. The second-order valence-electron chi connectivity index (χ2n) is 10.1. The Bertz CT molecular complexity index is 1400. The molecule has 0 heterocycles. The first kappa shape index (κ1) is 23.0. The zero-order chi connectivity index (χ0) is 23.4. The second-order valence-corrected chi connectivity index (χ2v) is 28.0. The van der Waals surface area contributed by atoms with Crippen molar-refractivity contribution >= 4 is 21.8 Å². The Hall–Kier alpha value is -1.76. The van der Waals surface area contributed by atoms with Crippen molar-refractivity contribution in [3.8, 4) is 0 Å². The third-order valence-corrected chi connectivity index (χ3v) is 28.3. The summed E-state index contributed by atoms with van der Waals surface area (Å²) in [6.45, 7) is 17.3. The van der Waals surface area contributed by atoms with E-state index in [2.05, 4.69) is 114 Å². The van der Waals surface area contributed by atoms with Crippen molar-refractivity contribution in [1.82, 2.24) is 0 Å². The molecule has 1 unspecified atom stereocenters. The van der Waals surface area contributed by atoms with Crippen LogP contribution in [0.1, 0.15) is 54.9 Å². The van der Waals surface area contributed by atoms with Crippen molar-refractivity contribution in [1.29, 1.82) is 0 Å². The minimum atomic E-state index is -1.95. The minimum absolute atomic E-state index is 0.369. The molecule has 0 saturated carbocycles. The van der Waals surface area contributed by atoms with Crippen LogP contribution in [0.15, 0.2) is 94.6 Å². The predicted octanol–water partition coefficient (Wildman–Crippen LogP) is 9.06. The number of hydrogen-bond acceptors (Lipinski definition) is 0. The molecule has 0 N–H and O–H groups in total. The average Bonchev–Trinajstić information content (AvgIpc) is 3.20. The van der Waals surface area contributed by atoms with Gasteiger partial charge >= 0.3 is 208 Å². The summed E-state index contributed by atoms with van der Waals surface area (Å²) in [5, 5.41) is 2.66. The Morgan fingerprint density at radius 1 is 0.636 bits per heavy atom. The van der Waals surface area contributed by atoms with Crippen molar-refractivity contribution in [3.63, 3.8) is 0 Å². The van der Waals surface area contributed by atoms with E-state index in [9.17, 15) is 0 Å². The van der Waals surface area contributed by atoms with Gasteiger partial charge in [0, 0.05) is 0 Å². The summed E-state index contributed by atoms with van der Waals surface area (Å²) in [5.41, 5.74) is 13.8. The fraction of sp³-hybridized carbons (Fsp3) is 0.290. The first-order valence-electron chi connectivity index (χ1n) is 12.1. The molecule has 3 aromatic rings. The molecular formula is C31H34SiZr. The monoisotopic (exact) mass is 524 g/mol. The maximum atomic E-state index is 2.62. The summed E-state index contributed by atoms with van der Waals surface area (Å²) < 4.78 is 1.45. The maximum absolute atomic E-state index is 2.62. The molecule has 0 aromatic heterocycles. The van der Waals surface area contributed by atoms with Crippen molar-refractivity contribution in [2.75, 3.05) is 0 Å². The van der Waals surface area contributed by atoms with E-state index >= 15 is 0 Å². The van der Waals surface area contributed by atoms with Crippen LogP contribution in [0.25, 0.3) is 16.3 Å². The first-order valence-corrected chi connectivity index (χ1v) is 21.2. The van der Waals surface area contributed by atoms with Crippen LogP contribution in [0.3, 0.4) is 0 Å². The third-order valence-electron chi connectivity index (χ3n) is 8.22. The van der Waals surface area contributed by atoms with Gasteiger partial charge in [0.05, 0.1) is 0 Å². The molecule has 5 rings (SSSR count). The quantitative estimate of drug-likeness (QED) is 0.299. The Morgan fingerprint density at radius 2 is 1.24 bits per heavy atom. The summed E-state index contributed by atoms with van der Waals surface area (Å²) in [5.74, 6) is 0. The summed E-state index contributed by atoms with van der Waals surface area (Å²) in [6.07, 6.45) is 0. The molecule has 2 aliphatic carbocycles. The topological polar surface area (TPSA) is 0 Å². The van der Waals surface area contributed by atoms with Gasteiger partial charge < -0.3 is 0 Å². The molecule has 33 heavy (non-hydrogen) atoms. The molecule has 0 amide bonds. The Kier molecular flexibility index (Phi) is 6.13. The van der Waals surface area contributed by atoms with Gasteiger partial charge in [-0.15, -0.1) is 0 Å². The Labute approximate surface area is 207 Å². The summed E-state index contributed by atoms with van der Waals surface area (Å²) in [4.78, 5) is 0. The SMILES string of the molecule is CC1=C(C)[CH]([Zr]([CH]2C(C)=C(c3ccc4ccccc4c3)c3ccccc32)=[Si](C)C)C(C)=C1C. The molecule has 3 aromatic carbocycles. The van der Waals surface area contributed by atoms with Gasteiger partial charge in [0.1, 0.15) is 0 Å². The fourth-order valence-electron chi connectivity index (χ4n) is 6.26. The molecular weight excluding hydrogens is 492 g/mol. The van der Waals surface area contributed by atoms with Crippen LogP contribution in [0.2, 0.25) is 16.7 Å². The van der Waals surface area contributed by atoms with Crippen LogP contribution in [0.5, 0.6) is 0 Å². The number of rotatable bonds is 3. The second kappa shape index (κ2) is 8.79. The van der Waals surface area contributed by atoms with Crippen molar-refractivity contribution in [2.24, 2.45) is 0 Å². The standard InChI is InChI=1S/C20H15.C9H13.C2H6Si.Zr/c1-14-12-17-8-4-5-9-19(17)20(14)18-11-10-15-6-2-3-7-16(15)13-18;1-6-5-7(2)9(4)8(6)3;1-3-2;/h2-13H,1H3;5H,1-4H3;1-2H3;. The number of allylic oxidation sites excluding steroid dienone is 5. The van der Waals surface area contributed by atoms with E-state index in [0.717, 1.165) is 3.63 Å². The van der Waals surface area contributed by atoms with Crippen LogP contribution < -0.4 is 0 Å². The molecule has 1 atom stereocenters. The Balaban J connectivity index is 1.74. The molecule has 2 heteroatoms. The molecule has 0 saturated heterocycles. The van der Waals surface area contributed by atoms with E-state index in [0.29, 0.717) is 3.63 Å². The van der Waals surface area contributed by atoms with E-state index in [1.54, 1.807) is 33.4 Å². The molecule has 0 nitrogen and oxygen atoms in total. The predicted molar refractivity (Wildman–Crippen MR) is 143 cm³/mol. The molecule has 0 bridgehead atoms. The van der Waals surface area contributed by atoms with E-state index in [4.69, 9.17) is 0 Å². The third kappa shape index (κ3) is 3.65. The Morgan fingerprint density at radius 3 is 1.91 bits per heavy atom. The van der Waals surface area contributed by atoms with Crippen LogP contribution in [0, 0.1) is 0 Å². The molecule has 0 spiro atoms. The van der Waals surface area contributed by atoms with E-state index in [-0.39, 0.29) is 5.43 Å². The number of benzene rings is 3. The van der Waals surface area contributed by atoms with Gasteiger partial charge in [-0.2, -0.15) is 0 Å². The van der Waals surface area contributed by atoms with Crippen LogP contribution in [-0.2, 0) is 20.4 Å². The molecule has 166 valence electrons. The van der Waals surface area contributed by atoms with Crippen LogP contribution >= 0.6 is 0 Å². The van der Waals surface area contributed by atoms with Gasteiger partial charge in [-0.1, -0.05) is 0 Å².